The number of nitrogens with one attached hydrogen (secondary N) is 1. The van der Waals surface area contributed by atoms with Gasteiger partial charge in [-0.1, -0.05) is 19.9 Å². The van der Waals surface area contributed by atoms with Gasteiger partial charge in [-0.2, -0.15) is 13.2 Å². The summed E-state index contributed by atoms with van der Waals surface area (Å²) in [7, 11) is 0. The van der Waals surface area contributed by atoms with E-state index in [0.29, 0.717) is 30.8 Å². The number of alkyl halides is 3. The van der Waals surface area contributed by atoms with Crippen molar-refractivity contribution < 1.29 is 18.0 Å². The fourth-order valence-electron chi connectivity index (χ4n) is 3.78. The SMILES string of the molecule is CCC(CC)c1cc2c(c(C(F)(F)F)c1)C(=O)N1CCNC[C@@H]21. The molecule has 0 spiro atoms. The maximum Gasteiger partial charge on any atom is 0.417 e. The van der Waals surface area contributed by atoms with Crippen LogP contribution in [0.15, 0.2) is 12.1 Å². The number of benzene rings is 1. The van der Waals surface area contributed by atoms with Gasteiger partial charge < -0.3 is 10.2 Å². The summed E-state index contributed by atoms with van der Waals surface area (Å²) >= 11 is 0. The van der Waals surface area contributed by atoms with E-state index in [1.54, 1.807) is 4.90 Å². The Hall–Kier alpha value is -1.56. The lowest BCUT2D eigenvalue weighted by Gasteiger charge is -2.30. The molecule has 1 saturated heterocycles. The van der Waals surface area contributed by atoms with Crippen LogP contribution in [0.3, 0.4) is 0 Å². The first kappa shape index (κ1) is 16.3. The quantitative estimate of drug-likeness (QED) is 0.918. The first-order valence-corrected chi connectivity index (χ1v) is 8.15. The molecule has 3 rings (SSSR count). The van der Waals surface area contributed by atoms with Gasteiger partial charge in [0.15, 0.2) is 0 Å². The van der Waals surface area contributed by atoms with Gasteiger partial charge in [-0.05, 0) is 36.0 Å². The molecule has 0 aromatic heterocycles. The molecular weight excluding hydrogens is 305 g/mol. The van der Waals surface area contributed by atoms with Gasteiger partial charge in [-0.25, -0.2) is 0 Å². The van der Waals surface area contributed by atoms with Gasteiger partial charge >= 0.3 is 6.18 Å². The number of piperazine rings is 1. The van der Waals surface area contributed by atoms with Gasteiger partial charge in [0.25, 0.3) is 5.91 Å². The van der Waals surface area contributed by atoms with Gasteiger partial charge in [0, 0.05) is 19.6 Å². The van der Waals surface area contributed by atoms with Gasteiger partial charge in [0.2, 0.25) is 0 Å². The van der Waals surface area contributed by atoms with E-state index in [2.05, 4.69) is 5.32 Å². The van der Waals surface area contributed by atoms with E-state index in [9.17, 15) is 18.0 Å². The van der Waals surface area contributed by atoms with Crippen LogP contribution in [0, 0.1) is 0 Å². The molecule has 1 aromatic carbocycles. The summed E-state index contributed by atoms with van der Waals surface area (Å²) in [6, 6.07) is 2.75. The van der Waals surface area contributed by atoms with Crippen LogP contribution < -0.4 is 5.32 Å². The lowest BCUT2D eigenvalue weighted by molar-refractivity contribution is -0.138. The highest BCUT2D eigenvalue weighted by Gasteiger charge is 2.45. The number of amides is 1. The molecule has 1 N–H and O–H groups in total. The summed E-state index contributed by atoms with van der Waals surface area (Å²) in [5, 5.41) is 3.18. The molecule has 1 aromatic rings. The van der Waals surface area contributed by atoms with E-state index in [1.807, 2.05) is 19.9 Å². The molecule has 1 atom stereocenters. The van der Waals surface area contributed by atoms with Crippen molar-refractivity contribution in [3.05, 3.63) is 34.4 Å². The normalized spacial score (nSPS) is 20.9. The van der Waals surface area contributed by atoms with Crippen molar-refractivity contribution in [1.82, 2.24) is 10.2 Å². The van der Waals surface area contributed by atoms with Crippen molar-refractivity contribution >= 4 is 5.91 Å². The minimum absolute atomic E-state index is 0.0853. The Morgan fingerprint density at radius 3 is 2.61 bits per heavy atom. The number of nitrogens with zero attached hydrogens (tertiary/aromatic N) is 1. The number of rotatable bonds is 3. The number of fused-ring (bicyclic) bond motifs is 3. The molecule has 2 aliphatic heterocycles. The Morgan fingerprint density at radius 2 is 2.00 bits per heavy atom. The Morgan fingerprint density at radius 1 is 1.30 bits per heavy atom. The minimum Gasteiger partial charge on any atom is -0.329 e. The fraction of sp³-hybridized carbons (Fsp3) is 0.588. The summed E-state index contributed by atoms with van der Waals surface area (Å²) in [5.41, 5.74) is 0.331. The summed E-state index contributed by atoms with van der Waals surface area (Å²) in [6.45, 7) is 5.55. The third-order valence-corrected chi connectivity index (χ3v) is 5.03. The van der Waals surface area contributed by atoms with Crippen LogP contribution in [0.4, 0.5) is 13.2 Å². The number of hydrogen-bond acceptors (Lipinski definition) is 2. The summed E-state index contributed by atoms with van der Waals surface area (Å²) in [5.74, 6) is -0.392. The van der Waals surface area contributed by atoms with Crippen LogP contribution in [0.5, 0.6) is 0 Å². The van der Waals surface area contributed by atoms with E-state index in [0.717, 1.165) is 12.8 Å². The molecule has 0 saturated carbocycles. The summed E-state index contributed by atoms with van der Waals surface area (Å²) in [4.78, 5) is 14.1. The summed E-state index contributed by atoms with van der Waals surface area (Å²) in [6.07, 6.45) is -2.94. The highest BCUT2D eigenvalue weighted by atomic mass is 19.4. The largest absolute Gasteiger partial charge is 0.417 e. The Kier molecular flexibility index (Phi) is 4.12. The molecule has 2 aliphatic rings. The Labute approximate surface area is 133 Å². The first-order valence-electron chi connectivity index (χ1n) is 8.15. The molecule has 1 fully saturated rings. The van der Waals surface area contributed by atoms with Crippen molar-refractivity contribution in [1.29, 1.82) is 0 Å². The van der Waals surface area contributed by atoms with Crippen LogP contribution in [0.25, 0.3) is 0 Å². The second kappa shape index (κ2) is 5.82. The molecular formula is C17H21F3N2O. The van der Waals surface area contributed by atoms with Crippen molar-refractivity contribution in [3.8, 4) is 0 Å². The van der Waals surface area contributed by atoms with Crippen LogP contribution in [0.2, 0.25) is 0 Å². The third-order valence-electron chi connectivity index (χ3n) is 5.03. The Balaban J connectivity index is 2.19. The molecule has 3 nitrogen and oxygen atoms in total. The zero-order valence-corrected chi connectivity index (χ0v) is 13.3. The van der Waals surface area contributed by atoms with Crippen molar-refractivity contribution in [2.75, 3.05) is 19.6 Å². The lowest BCUT2D eigenvalue weighted by atomic mass is 9.87. The Bertz CT molecular complexity index is 623. The molecule has 0 aliphatic carbocycles. The molecule has 126 valence electrons. The fourth-order valence-corrected chi connectivity index (χ4v) is 3.78. The third kappa shape index (κ3) is 2.63. The van der Waals surface area contributed by atoms with E-state index in [-0.39, 0.29) is 17.5 Å². The van der Waals surface area contributed by atoms with Crippen LogP contribution in [-0.2, 0) is 6.18 Å². The van der Waals surface area contributed by atoms with Gasteiger partial charge in [0.05, 0.1) is 17.2 Å². The van der Waals surface area contributed by atoms with Crippen LogP contribution in [0.1, 0.15) is 65.7 Å². The van der Waals surface area contributed by atoms with Crippen molar-refractivity contribution in [2.24, 2.45) is 0 Å². The molecule has 0 unspecified atom stereocenters. The van der Waals surface area contributed by atoms with Crippen molar-refractivity contribution in [3.63, 3.8) is 0 Å². The number of carbonyl (C=O) groups is 1. The standard InChI is InChI=1S/C17H21F3N2O/c1-3-10(4-2)11-7-12-14-9-21-5-6-22(14)16(23)15(12)13(8-11)17(18,19)20/h7-8,10,14,21H,3-6,9H2,1-2H3/t14-/m0/s1. The smallest absolute Gasteiger partial charge is 0.329 e. The van der Waals surface area contributed by atoms with Gasteiger partial charge in [-0.15, -0.1) is 0 Å². The second-order valence-electron chi connectivity index (χ2n) is 6.26. The zero-order chi connectivity index (χ0) is 16.8. The predicted octanol–water partition coefficient (Wildman–Crippen LogP) is 3.71. The molecule has 1 amide bonds. The number of hydrogen-bond donors (Lipinski definition) is 1. The van der Waals surface area contributed by atoms with Crippen LogP contribution in [-0.4, -0.2) is 30.4 Å². The van der Waals surface area contributed by atoms with E-state index < -0.39 is 17.6 Å². The highest BCUT2D eigenvalue weighted by Crippen LogP contribution is 2.44. The predicted molar refractivity (Wildman–Crippen MR) is 81.4 cm³/mol. The molecule has 0 bridgehead atoms. The van der Waals surface area contributed by atoms with Gasteiger partial charge in [-0.3, -0.25) is 4.79 Å². The maximum atomic E-state index is 13.6. The monoisotopic (exact) mass is 326 g/mol. The van der Waals surface area contributed by atoms with E-state index >= 15 is 0 Å². The van der Waals surface area contributed by atoms with E-state index in [4.69, 9.17) is 0 Å². The average molecular weight is 326 g/mol. The maximum absolute atomic E-state index is 13.6. The van der Waals surface area contributed by atoms with Crippen LogP contribution >= 0.6 is 0 Å². The molecule has 23 heavy (non-hydrogen) atoms. The lowest BCUT2D eigenvalue weighted by Crippen LogP contribution is -2.44. The highest BCUT2D eigenvalue weighted by molar-refractivity contribution is 6.01. The van der Waals surface area contributed by atoms with E-state index in [1.165, 1.54) is 6.07 Å². The van der Waals surface area contributed by atoms with Gasteiger partial charge in [0.1, 0.15) is 0 Å². The number of halogens is 3. The van der Waals surface area contributed by atoms with Crippen molar-refractivity contribution in [2.45, 2.75) is 44.8 Å². The first-order chi connectivity index (χ1) is 10.9. The number of carbonyl (C=O) groups excluding carboxylic acids is 1. The summed E-state index contributed by atoms with van der Waals surface area (Å²) < 4.78 is 40.7. The molecule has 2 heterocycles. The average Bonchev–Trinajstić information content (AvgIpc) is 2.81. The topological polar surface area (TPSA) is 32.3 Å². The molecule has 0 radical (unpaired) electrons. The molecule has 6 heteroatoms. The second-order valence-corrected chi connectivity index (χ2v) is 6.26. The minimum atomic E-state index is -4.51. The zero-order valence-electron chi connectivity index (χ0n) is 13.3.